The average Bonchev–Trinajstić information content (AvgIpc) is 2.47. The van der Waals surface area contributed by atoms with Crippen LogP contribution in [0.3, 0.4) is 0 Å². The van der Waals surface area contributed by atoms with E-state index >= 15 is 0 Å². The van der Waals surface area contributed by atoms with Crippen molar-refractivity contribution in [2.24, 2.45) is 0 Å². The first-order valence-corrected chi connectivity index (χ1v) is 7.22. The molecule has 0 heterocycles. The van der Waals surface area contributed by atoms with Gasteiger partial charge in [0.2, 0.25) is 0 Å². The number of Topliss-reactive ketones (excluding diaryl/α,β-unsaturated/α-hetero) is 2. The first-order chi connectivity index (χ1) is 9.67. The maximum Gasteiger partial charge on any atom is 0.170 e. The molecule has 0 spiro atoms. The van der Waals surface area contributed by atoms with Crippen molar-refractivity contribution in [3.8, 4) is 6.07 Å². The molecule has 3 heteroatoms. The fraction of sp³-hybridized carbons (Fsp3) is 0.471. The van der Waals surface area contributed by atoms with Crippen molar-refractivity contribution in [2.75, 3.05) is 0 Å². The molecule has 20 heavy (non-hydrogen) atoms. The third-order valence-corrected chi connectivity index (χ3v) is 3.23. The van der Waals surface area contributed by atoms with E-state index in [9.17, 15) is 9.59 Å². The molecule has 0 radical (unpaired) electrons. The van der Waals surface area contributed by atoms with Gasteiger partial charge in [0, 0.05) is 12.0 Å². The Bertz CT molecular complexity index is 500. The second kappa shape index (κ2) is 9.03. The van der Waals surface area contributed by atoms with Gasteiger partial charge in [-0.2, -0.15) is 5.26 Å². The summed E-state index contributed by atoms with van der Waals surface area (Å²) in [6, 6.07) is 8.49. The van der Waals surface area contributed by atoms with Crippen molar-refractivity contribution >= 4 is 11.6 Å². The average molecular weight is 271 g/mol. The number of ketones is 2. The van der Waals surface area contributed by atoms with Crippen LogP contribution in [-0.4, -0.2) is 11.6 Å². The minimum atomic E-state index is -0.194. The third-order valence-electron chi connectivity index (χ3n) is 3.23. The van der Waals surface area contributed by atoms with Gasteiger partial charge in [-0.25, -0.2) is 0 Å². The van der Waals surface area contributed by atoms with E-state index in [4.69, 9.17) is 5.26 Å². The molecule has 0 saturated carbocycles. The van der Waals surface area contributed by atoms with E-state index in [0.29, 0.717) is 17.5 Å². The van der Waals surface area contributed by atoms with E-state index in [0.717, 1.165) is 19.3 Å². The number of nitrogens with zero attached hydrogens (tertiary/aromatic N) is 1. The van der Waals surface area contributed by atoms with Crippen LogP contribution >= 0.6 is 0 Å². The second-order valence-corrected chi connectivity index (χ2v) is 5.00. The summed E-state index contributed by atoms with van der Waals surface area (Å²) < 4.78 is 0. The summed E-state index contributed by atoms with van der Waals surface area (Å²) in [5, 5.41) is 8.78. The Labute approximate surface area is 120 Å². The van der Waals surface area contributed by atoms with Gasteiger partial charge < -0.3 is 0 Å². The molecule has 1 aromatic carbocycles. The fourth-order valence-corrected chi connectivity index (χ4v) is 2.06. The molecule has 0 saturated heterocycles. The predicted molar refractivity (Wildman–Crippen MR) is 78.5 cm³/mol. The van der Waals surface area contributed by atoms with Gasteiger partial charge in [0.05, 0.1) is 18.1 Å². The van der Waals surface area contributed by atoms with Crippen molar-refractivity contribution in [3.63, 3.8) is 0 Å². The number of carbonyl (C=O) groups is 2. The first-order valence-electron chi connectivity index (χ1n) is 7.22. The minimum Gasteiger partial charge on any atom is -0.299 e. The van der Waals surface area contributed by atoms with Crippen LogP contribution < -0.4 is 0 Å². The fourth-order valence-electron chi connectivity index (χ4n) is 2.06. The van der Waals surface area contributed by atoms with E-state index in [1.165, 1.54) is 18.9 Å². The van der Waals surface area contributed by atoms with Crippen LogP contribution in [0.15, 0.2) is 24.3 Å². The van der Waals surface area contributed by atoms with E-state index in [1.54, 1.807) is 18.2 Å². The molecule has 1 aromatic rings. The lowest BCUT2D eigenvalue weighted by Crippen LogP contribution is -2.08. The van der Waals surface area contributed by atoms with Crippen molar-refractivity contribution in [2.45, 2.75) is 51.9 Å². The highest BCUT2D eigenvalue weighted by Gasteiger charge is 2.12. The maximum atomic E-state index is 11.9. The Balaban J connectivity index is 2.38. The number of carbonyl (C=O) groups excluding carboxylic acids is 2. The van der Waals surface area contributed by atoms with E-state index in [-0.39, 0.29) is 18.0 Å². The number of hydrogen-bond donors (Lipinski definition) is 0. The molecule has 106 valence electrons. The lowest BCUT2D eigenvalue weighted by Gasteiger charge is -2.02. The number of unbranched alkanes of at least 4 members (excludes halogenated alkanes) is 4. The summed E-state index contributed by atoms with van der Waals surface area (Å²) in [5.41, 5.74) is 0.895. The minimum absolute atomic E-state index is 0.00569. The van der Waals surface area contributed by atoms with Gasteiger partial charge in [0.25, 0.3) is 0 Å². The van der Waals surface area contributed by atoms with Crippen LogP contribution in [0.4, 0.5) is 0 Å². The molecule has 0 aliphatic carbocycles. The lowest BCUT2D eigenvalue weighted by atomic mass is 10.0. The second-order valence-electron chi connectivity index (χ2n) is 5.00. The number of nitriles is 1. The molecule has 0 bridgehead atoms. The maximum absolute atomic E-state index is 11.9. The largest absolute Gasteiger partial charge is 0.299 e. The van der Waals surface area contributed by atoms with Crippen LogP contribution in [0.5, 0.6) is 0 Å². The Morgan fingerprint density at radius 3 is 2.60 bits per heavy atom. The summed E-state index contributed by atoms with van der Waals surface area (Å²) >= 11 is 0. The number of rotatable bonds is 9. The Morgan fingerprint density at radius 1 is 1.15 bits per heavy atom. The van der Waals surface area contributed by atoms with Crippen molar-refractivity contribution in [1.82, 2.24) is 0 Å². The van der Waals surface area contributed by atoms with E-state index in [2.05, 4.69) is 6.92 Å². The monoisotopic (exact) mass is 271 g/mol. The normalized spacial score (nSPS) is 10.0. The van der Waals surface area contributed by atoms with Gasteiger partial charge in [-0.15, -0.1) is 0 Å². The quantitative estimate of drug-likeness (QED) is 0.386. The zero-order valence-corrected chi connectivity index (χ0v) is 12.0. The highest BCUT2D eigenvalue weighted by molar-refractivity contribution is 6.08. The van der Waals surface area contributed by atoms with Gasteiger partial charge in [-0.3, -0.25) is 9.59 Å². The lowest BCUT2D eigenvalue weighted by molar-refractivity contribution is -0.118. The van der Waals surface area contributed by atoms with Crippen molar-refractivity contribution < 1.29 is 9.59 Å². The molecule has 0 N–H and O–H groups in total. The number of hydrogen-bond acceptors (Lipinski definition) is 3. The molecule has 0 unspecified atom stereocenters. The topological polar surface area (TPSA) is 57.9 Å². The third kappa shape index (κ3) is 5.79. The zero-order chi connectivity index (χ0) is 14.8. The molecule has 1 rings (SSSR count). The standard InChI is InChI=1S/C17H21NO2/c1-2-3-4-5-6-10-16(19)12-17(20)15-9-7-8-14(11-15)13-18/h7-9,11H,2-6,10,12H2,1H3. The molecule has 0 amide bonds. The predicted octanol–water partition coefficient (Wildman–Crippen LogP) is 4.06. The summed E-state index contributed by atoms with van der Waals surface area (Å²) in [6.45, 7) is 2.15. The molecular formula is C17H21NO2. The van der Waals surface area contributed by atoms with Crippen LogP contribution in [0.2, 0.25) is 0 Å². The summed E-state index contributed by atoms with van der Waals surface area (Å²) in [4.78, 5) is 23.7. The summed E-state index contributed by atoms with van der Waals surface area (Å²) in [5.74, 6) is -0.200. The molecule has 0 atom stereocenters. The van der Waals surface area contributed by atoms with Gasteiger partial charge in [-0.05, 0) is 18.6 Å². The SMILES string of the molecule is CCCCCCCC(=O)CC(=O)c1cccc(C#N)c1. The van der Waals surface area contributed by atoms with Gasteiger partial charge in [-0.1, -0.05) is 44.7 Å². The molecular weight excluding hydrogens is 250 g/mol. The van der Waals surface area contributed by atoms with Crippen LogP contribution in [0.1, 0.15) is 67.8 Å². The van der Waals surface area contributed by atoms with Gasteiger partial charge in [0.1, 0.15) is 5.78 Å². The molecule has 3 nitrogen and oxygen atoms in total. The number of benzene rings is 1. The molecule has 0 fully saturated rings. The molecule has 0 aliphatic heterocycles. The Morgan fingerprint density at radius 2 is 1.90 bits per heavy atom. The van der Waals surface area contributed by atoms with Crippen LogP contribution in [0.25, 0.3) is 0 Å². The van der Waals surface area contributed by atoms with Crippen molar-refractivity contribution in [3.05, 3.63) is 35.4 Å². The zero-order valence-electron chi connectivity index (χ0n) is 12.0. The van der Waals surface area contributed by atoms with Gasteiger partial charge in [0.15, 0.2) is 5.78 Å². The van der Waals surface area contributed by atoms with Crippen LogP contribution in [0, 0.1) is 11.3 Å². The highest BCUT2D eigenvalue weighted by atomic mass is 16.1. The molecule has 0 aliphatic rings. The van der Waals surface area contributed by atoms with E-state index in [1.807, 2.05) is 6.07 Å². The summed E-state index contributed by atoms with van der Waals surface area (Å²) in [6.07, 6.45) is 5.88. The first kappa shape index (κ1) is 16.1. The smallest absolute Gasteiger partial charge is 0.170 e. The highest BCUT2D eigenvalue weighted by Crippen LogP contribution is 2.10. The molecule has 0 aromatic heterocycles. The summed E-state index contributed by atoms with van der Waals surface area (Å²) in [7, 11) is 0. The Hall–Kier alpha value is -1.95. The van der Waals surface area contributed by atoms with Crippen molar-refractivity contribution in [1.29, 1.82) is 5.26 Å². The Kier molecular flexibility index (Phi) is 7.27. The van der Waals surface area contributed by atoms with Crippen LogP contribution in [-0.2, 0) is 4.79 Å². The van der Waals surface area contributed by atoms with E-state index < -0.39 is 0 Å². The van der Waals surface area contributed by atoms with Gasteiger partial charge >= 0.3 is 0 Å².